The Morgan fingerprint density at radius 3 is 2.79 bits per heavy atom. The Balaban J connectivity index is 3.00. The maximum Gasteiger partial charge on any atom is 0.337 e. The highest BCUT2D eigenvalue weighted by Gasteiger charge is 2.15. The molecule has 1 N–H and O–H groups in total. The lowest BCUT2D eigenvalue weighted by atomic mass is 10.2. The molecule has 0 unspecified atom stereocenters. The molecule has 19 heavy (non-hydrogen) atoms. The number of aromatic nitrogens is 1. The first-order valence-electron chi connectivity index (χ1n) is 6.08. The summed E-state index contributed by atoms with van der Waals surface area (Å²) in [7, 11) is 1.63. The van der Waals surface area contributed by atoms with Crippen LogP contribution in [0.5, 0.6) is 0 Å². The van der Waals surface area contributed by atoms with Crippen molar-refractivity contribution in [1.29, 1.82) is 0 Å². The standard InChI is InChI=1S/C13H19ClN2O3/c1-9(2)8-16(4-5-19-3)12-6-10(13(17)18)11(14)7-15-12/h6-7,9H,4-5,8H2,1-3H3,(H,17,18). The van der Waals surface area contributed by atoms with Gasteiger partial charge in [0.25, 0.3) is 0 Å². The number of nitrogens with zero attached hydrogens (tertiary/aromatic N) is 2. The van der Waals surface area contributed by atoms with E-state index in [4.69, 9.17) is 21.4 Å². The summed E-state index contributed by atoms with van der Waals surface area (Å²) in [5.74, 6) is -0.0138. The molecule has 0 aliphatic rings. The monoisotopic (exact) mass is 286 g/mol. The van der Waals surface area contributed by atoms with Crippen LogP contribution < -0.4 is 4.90 Å². The maximum absolute atomic E-state index is 11.1. The molecule has 0 saturated carbocycles. The van der Waals surface area contributed by atoms with Crippen LogP contribution in [0.1, 0.15) is 24.2 Å². The van der Waals surface area contributed by atoms with E-state index in [1.165, 1.54) is 12.3 Å². The number of carboxylic acid groups (broad SMARTS) is 1. The lowest BCUT2D eigenvalue weighted by molar-refractivity contribution is 0.0697. The normalized spacial score (nSPS) is 10.8. The van der Waals surface area contributed by atoms with Gasteiger partial charge in [-0.05, 0) is 12.0 Å². The smallest absolute Gasteiger partial charge is 0.337 e. The number of hydrogen-bond acceptors (Lipinski definition) is 4. The molecule has 0 aliphatic carbocycles. The number of pyridine rings is 1. The fourth-order valence-electron chi connectivity index (χ4n) is 1.71. The fourth-order valence-corrected chi connectivity index (χ4v) is 1.89. The van der Waals surface area contributed by atoms with Crippen molar-refractivity contribution in [2.75, 3.05) is 31.7 Å². The molecule has 1 heterocycles. The number of hydrogen-bond donors (Lipinski definition) is 1. The van der Waals surface area contributed by atoms with Gasteiger partial charge in [0.1, 0.15) is 5.82 Å². The van der Waals surface area contributed by atoms with Gasteiger partial charge in [-0.3, -0.25) is 0 Å². The first-order valence-corrected chi connectivity index (χ1v) is 6.46. The van der Waals surface area contributed by atoms with Crippen LogP contribution in [-0.2, 0) is 4.74 Å². The van der Waals surface area contributed by atoms with Crippen LogP contribution in [0, 0.1) is 5.92 Å². The Morgan fingerprint density at radius 2 is 2.26 bits per heavy atom. The number of methoxy groups -OCH3 is 1. The van der Waals surface area contributed by atoms with Crippen molar-refractivity contribution in [3.05, 3.63) is 22.8 Å². The summed E-state index contributed by atoms with van der Waals surface area (Å²) in [6.45, 7) is 6.17. The van der Waals surface area contributed by atoms with Crippen molar-refractivity contribution in [3.8, 4) is 0 Å². The summed E-state index contributed by atoms with van der Waals surface area (Å²) >= 11 is 5.82. The lowest BCUT2D eigenvalue weighted by Gasteiger charge is -2.25. The number of halogens is 1. The average molecular weight is 287 g/mol. The van der Waals surface area contributed by atoms with Gasteiger partial charge in [0.15, 0.2) is 0 Å². The van der Waals surface area contributed by atoms with Crippen molar-refractivity contribution >= 4 is 23.4 Å². The van der Waals surface area contributed by atoms with Gasteiger partial charge in [-0.15, -0.1) is 0 Å². The molecule has 1 aromatic rings. The molecular formula is C13H19ClN2O3. The maximum atomic E-state index is 11.1. The number of carboxylic acids is 1. The van der Waals surface area contributed by atoms with E-state index in [1.54, 1.807) is 7.11 Å². The lowest BCUT2D eigenvalue weighted by Crippen LogP contribution is -2.31. The first-order chi connectivity index (χ1) is 8.95. The number of rotatable bonds is 7. The fraction of sp³-hybridized carbons (Fsp3) is 0.538. The molecule has 1 aromatic heterocycles. The molecule has 0 atom stereocenters. The SMILES string of the molecule is COCCN(CC(C)C)c1cc(C(=O)O)c(Cl)cn1. The zero-order valence-corrected chi connectivity index (χ0v) is 12.1. The van der Waals surface area contributed by atoms with Crippen LogP contribution in [-0.4, -0.2) is 42.9 Å². The minimum absolute atomic E-state index is 0.0674. The molecular weight excluding hydrogens is 268 g/mol. The third-order valence-corrected chi connectivity index (χ3v) is 2.85. The van der Waals surface area contributed by atoms with Crippen LogP contribution >= 0.6 is 11.6 Å². The third kappa shape index (κ3) is 4.69. The van der Waals surface area contributed by atoms with E-state index in [0.717, 1.165) is 6.54 Å². The highest BCUT2D eigenvalue weighted by molar-refractivity contribution is 6.33. The number of ether oxygens (including phenoxy) is 1. The predicted octanol–water partition coefficient (Wildman–Crippen LogP) is 2.54. The van der Waals surface area contributed by atoms with Crippen LogP contribution in [0.2, 0.25) is 5.02 Å². The molecule has 0 saturated heterocycles. The molecule has 1 rings (SSSR count). The van der Waals surface area contributed by atoms with Crippen LogP contribution in [0.15, 0.2) is 12.3 Å². The number of aromatic carboxylic acids is 1. The van der Waals surface area contributed by atoms with Crippen LogP contribution in [0.25, 0.3) is 0 Å². The summed E-state index contributed by atoms with van der Waals surface area (Å²) < 4.78 is 5.06. The Labute approximate surface area is 118 Å². The van der Waals surface area contributed by atoms with Crippen LogP contribution in [0.3, 0.4) is 0 Å². The molecule has 0 aromatic carbocycles. The van der Waals surface area contributed by atoms with Gasteiger partial charge in [-0.2, -0.15) is 0 Å². The van der Waals surface area contributed by atoms with Crippen molar-refractivity contribution in [3.63, 3.8) is 0 Å². The second-order valence-corrected chi connectivity index (χ2v) is 5.07. The topological polar surface area (TPSA) is 62.7 Å². The molecule has 0 amide bonds. The molecule has 0 spiro atoms. The zero-order chi connectivity index (χ0) is 14.4. The van der Waals surface area contributed by atoms with Gasteiger partial charge in [0.05, 0.1) is 17.2 Å². The second kappa shape index (κ2) is 7.31. The van der Waals surface area contributed by atoms with E-state index in [0.29, 0.717) is 24.9 Å². The average Bonchev–Trinajstić information content (AvgIpc) is 2.34. The molecule has 6 heteroatoms. The van der Waals surface area contributed by atoms with Gasteiger partial charge in [-0.1, -0.05) is 25.4 Å². The van der Waals surface area contributed by atoms with Crippen molar-refractivity contribution in [2.45, 2.75) is 13.8 Å². The highest BCUT2D eigenvalue weighted by atomic mass is 35.5. The number of anilines is 1. The van der Waals surface area contributed by atoms with Crippen molar-refractivity contribution in [2.24, 2.45) is 5.92 Å². The number of carbonyl (C=O) groups is 1. The molecule has 5 nitrogen and oxygen atoms in total. The van der Waals surface area contributed by atoms with Crippen molar-refractivity contribution in [1.82, 2.24) is 4.98 Å². The third-order valence-electron chi connectivity index (χ3n) is 2.55. The highest BCUT2D eigenvalue weighted by Crippen LogP contribution is 2.21. The van der Waals surface area contributed by atoms with E-state index >= 15 is 0 Å². The summed E-state index contributed by atoms with van der Waals surface area (Å²) in [5.41, 5.74) is 0.0674. The molecule has 0 fully saturated rings. The predicted molar refractivity (Wildman–Crippen MR) is 75.1 cm³/mol. The van der Waals surface area contributed by atoms with Gasteiger partial charge < -0.3 is 14.7 Å². The minimum Gasteiger partial charge on any atom is -0.478 e. The van der Waals surface area contributed by atoms with Gasteiger partial charge in [-0.25, -0.2) is 9.78 Å². The van der Waals surface area contributed by atoms with E-state index in [1.807, 2.05) is 4.90 Å². The molecule has 106 valence electrons. The second-order valence-electron chi connectivity index (χ2n) is 4.66. The summed E-state index contributed by atoms with van der Waals surface area (Å²) in [4.78, 5) is 17.3. The van der Waals surface area contributed by atoms with Gasteiger partial charge in [0, 0.05) is 26.4 Å². The molecule has 0 bridgehead atoms. The largest absolute Gasteiger partial charge is 0.478 e. The summed E-state index contributed by atoms with van der Waals surface area (Å²) in [6.07, 6.45) is 1.38. The van der Waals surface area contributed by atoms with Crippen LogP contribution in [0.4, 0.5) is 5.82 Å². The van der Waals surface area contributed by atoms with Gasteiger partial charge in [0.2, 0.25) is 0 Å². The Bertz CT molecular complexity index is 438. The van der Waals surface area contributed by atoms with E-state index < -0.39 is 5.97 Å². The van der Waals surface area contributed by atoms with Crippen molar-refractivity contribution < 1.29 is 14.6 Å². The minimum atomic E-state index is -1.05. The first kappa shape index (κ1) is 15.7. The Hall–Kier alpha value is -1.33. The quantitative estimate of drug-likeness (QED) is 0.834. The zero-order valence-electron chi connectivity index (χ0n) is 11.4. The van der Waals surface area contributed by atoms with E-state index in [-0.39, 0.29) is 10.6 Å². The molecule has 0 aliphatic heterocycles. The van der Waals surface area contributed by atoms with Gasteiger partial charge >= 0.3 is 5.97 Å². The summed E-state index contributed by atoms with van der Waals surface area (Å²) in [5, 5.41) is 9.22. The van der Waals surface area contributed by atoms with E-state index in [9.17, 15) is 4.79 Å². The molecule has 0 radical (unpaired) electrons. The summed E-state index contributed by atoms with van der Waals surface area (Å²) in [6, 6.07) is 1.50. The Kier molecular flexibility index (Phi) is 6.05. The van der Waals surface area contributed by atoms with E-state index in [2.05, 4.69) is 18.8 Å². The Morgan fingerprint density at radius 1 is 1.58 bits per heavy atom.